The average molecular weight is 356 g/mol. The number of aromatic nitrogens is 4. The number of nitrogens with zero attached hydrogens (tertiary/aromatic N) is 5. The van der Waals surface area contributed by atoms with Gasteiger partial charge >= 0.3 is 0 Å². The van der Waals surface area contributed by atoms with Crippen molar-refractivity contribution in [3.8, 4) is 0 Å². The SMILES string of the molecule is CC(C)(C)n1ncc2c(=O)n(NC(=O)c3cccc([N+](=O)[O-])c3)cnc21. The van der Waals surface area contributed by atoms with Gasteiger partial charge in [0.05, 0.1) is 16.7 Å². The molecule has 0 radical (unpaired) electrons. The molecule has 0 saturated heterocycles. The normalized spacial score (nSPS) is 11.5. The summed E-state index contributed by atoms with van der Waals surface area (Å²) in [7, 11) is 0. The molecular formula is C16H16N6O4. The van der Waals surface area contributed by atoms with Crippen LogP contribution < -0.4 is 11.0 Å². The summed E-state index contributed by atoms with van der Waals surface area (Å²) in [6.07, 6.45) is 2.58. The largest absolute Gasteiger partial charge is 0.283 e. The molecule has 0 aliphatic carbocycles. The molecule has 0 spiro atoms. The maximum absolute atomic E-state index is 12.6. The molecule has 0 bridgehead atoms. The first-order chi connectivity index (χ1) is 12.2. The van der Waals surface area contributed by atoms with Gasteiger partial charge in [0.1, 0.15) is 11.7 Å². The van der Waals surface area contributed by atoms with Crippen molar-refractivity contribution >= 4 is 22.6 Å². The Morgan fingerprint density at radius 2 is 2.04 bits per heavy atom. The molecule has 0 saturated carbocycles. The molecule has 134 valence electrons. The smallest absolute Gasteiger partial charge is 0.267 e. The highest BCUT2D eigenvalue weighted by atomic mass is 16.6. The molecule has 2 heterocycles. The Morgan fingerprint density at radius 1 is 1.31 bits per heavy atom. The van der Waals surface area contributed by atoms with Crippen LogP contribution in [0.2, 0.25) is 0 Å². The van der Waals surface area contributed by atoms with Crippen molar-refractivity contribution in [2.45, 2.75) is 26.3 Å². The summed E-state index contributed by atoms with van der Waals surface area (Å²) in [5.41, 5.74) is 1.76. The molecule has 1 amide bonds. The van der Waals surface area contributed by atoms with Crippen molar-refractivity contribution in [1.82, 2.24) is 19.4 Å². The summed E-state index contributed by atoms with van der Waals surface area (Å²) in [6.45, 7) is 5.78. The zero-order valence-electron chi connectivity index (χ0n) is 14.3. The van der Waals surface area contributed by atoms with Crippen LogP contribution in [0.4, 0.5) is 5.69 Å². The Labute approximate surface area is 147 Å². The third kappa shape index (κ3) is 3.04. The van der Waals surface area contributed by atoms with Gasteiger partial charge in [0, 0.05) is 17.7 Å². The fraction of sp³-hybridized carbons (Fsp3) is 0.250. The minimum atomic E-state index is -0.667. The van der Waals surface area contributed by atoms with E-state index in [9.17, 15) is 19.7 Å². The van der Waals surface area contributed by atoms with Gasteiger partial charge in [-0.25, -0.2) is 14.3 Å². The Hall–Kier alpha value is -3.56. The number of nitro benzene ring substituents is 1. The van der Waals surface area contributed by atoms with E-state index in [1.54, 1.807) is 4.68 Å². The molecule has 0 fully saturated rings. The first-order valence-electron chi connectivity index (χ1n) is 7.70. The van der Waals surface area contributed by atoms with Crippen LogP contribution in [-0.4, -0.2) is 30.3 Å². The van der Waals surface area contributed by atoms with E-state index in [1.165, 1.54) is 30.7 Å². The third-order valence-corrected chi connectivity index (χ3v) is 3.67. The number of nitro groups is 1. The monoisotopic (exact) mass is 356 g/mol. The van der Waals surface area contributed by atoms with Crippen molar-refractivity contribution in [2.75, 3.05) is 5.43 Å². The van der Waals surface area contributed by atoms with Crippen molar-refractivity contribution < 1.29 is 9.72 Å². The quantitative estimate of drug-likeness (QED) is 0.562. The topological polar surface area (TPSA) is 125 Å². The summed E-state index contributed by atoms with van der Waals surface area (Å²) in [5, 5.41) is 15.3. The number of amides is 1. The Morgan fingerprint density at radius 3 is 2.69 bits per heavy atom. The number of hydrogen-bond donors (Lipinski definition) is 1. The number of carbonyl (C=O) groups is 1. The van der Waals surface area contributed by atoms with Crippen molar-refractivity contribution in [3.05, 3.63) is 62.8 Å². The van der Waals surface area contributed by atoms with Crippen LogP contribution in [0.15, 0.2) is 41.6 Å². The Kier molecular flexibility index (Phi) is 4.03. The van der Waals surface area contributed by atoms with Gasteiger partial charge in [-0.2, -0.15) is 5.10 Å². The number of non-ortho nitro benzene ring substituents is 1. The predicted octanol–water partition coefficient (Wildman–Crippen LogP) is 1.64. The highest BCUT2D eigenvalue weighted by Gasteiger charge is 2.20. The van der Waals surface area contributed by atoms with E-state index in [-0.39, 0.29) is 22.2 Å². The molecule has 0 aliphatic heterocycles. The second kappa shape index (κ2) is 6.06. The second-order valence-corrected chi connectivity index (χ2v) is 6.63. The van der Waals surface area contributed by atoms with Crippen LogP contribution in [-0.2, 0) is 5.54 Å². The van der Waals surface area contributed by atoms with E-state index in [0.717, 1.165) is 10.7 Å². The van der Waals surface area contributed by atoms with E-state index in [0.29, 0.717) is 5.65 Å². The zero-order chi connectivity index (χ0) is 19.1. The summed E-state index contributed by atoms with van der Waals surface area (Å²) >= 11 is 0. The molecule has 0 aliphatic rings. The molecule has 3 aromatic rings. The second-order valence-electron chi connectivity index (χ2n) is 6.63. The fourth-order valence-electron chi connectivity index (χ4n) is 2.42. The molecule has 1 aromatic carbocycles. The molecular weight excluding hydrogens is 340 g/mol. The summed E-state index contributed by atoms with van der Waals surface area (Å²) in [6, 6.07) is 5.21. The van der Waals surface area contributed by atoms with Gasteiger partial charge in [0.25, 0.3) is 17.2 Å². The molecule has 2 aromatic heterocycles. The number of hydrogen-bond acceptors (Lipinski definition) is 6. The van der Waals surface area contributed by atoms with Crippen LogP contribution in [0, 0.1) is 10.1 Å². The third-order valence-electron chi connectivity index (χ3n) is 3.67. The minimum absolute atomic E-state index is 0.0524. The van der Waals surface area contributed by atoms with Crippen LogP contribution in [0.25, 0.3) is 11.0 Å². The molecule has 0 atom stereocenters. The minimum Gasteiger partial charge on any atom is -0.267 e. The van der Waals surface area contributed by atoms with Gasteiger partial charge in [-0.3, -0.25) is 25.1 Å². The van der Waals surface area contributed by atoms with Crippen LogP contribution in [0.5, 0.6) is 0 Å². The highest BCUT2D eigenvalue weighted by molar-refractivity contribution is 6.00. The lowest BCUT2D eigenvalue weighted by atomic mass is 10.1. The summed E-state index contributed by atoms with van der Waals surface area (Å²) in [5.74, 6) is -0.667. The van der Waals surface area contributed by atoms with Gasteiger partial charge in [-0.15, -0.1) is 0 Å². The Balaban J connectivity index is 1.96. The van der Waals surface area contributed by atoms with Gasteiger partial charge in [-0.1, -0.05) is 6.07 Å². The van der Waals surface area contributed by atoms with E-state index in [2.05, 4.69) is 15.5 Å². The molecule has 10 heteroatoms. The predicted molar refractivity (Wildman–Crippen MR) is 93.6 cm³/mol. The number of benzene rings is 1. The van der Waals surface area contributed by atoms with Gasteiger partial charge < -0.3 is 0 Å². The Bertz CT molecular complexity index is 1080. The lowest BCUT2D eigenvalue weighted by Gasteiger charge is -2.19. The number of rotatable bonds is 3. The average Bonchev–Trinajstić information content (AvgIpc) is 3.02. The van der Waals surface area contributed by atoms with Crippen molar-refractivity contribution in [3.63, 3.8) is 0 Å². The van der Waals surface area contributed by atoms with E-state index in [4.69, 9.17) is 0 Å². The van der Waals surface area contributed by atoms with E-state index < -0.39 is 16.4 Å². The van der Waals surface area contributed by atoms with Crippen LogP contribution in [0.3, 0.4) is 0 Å². The fourth-order valence-corrected chi connectivity index (χ4v) is 2.42. The standard InChI is InChI=1S/C16H16N6O4/c1-16(2,3)21-13-12(8-18-21)15(24)20(9-17-13)19-14(23)10-5-4-6-11(7-10)22(25)26/h4-9H,1-3H3,(H,19,23). The number of nitrogens with one attached hydrogen (secondary N) is 1. The van der Waals surface area contributed by atoms with Gasteiger partial charge in [0.2, 0.25) is 0 Å². The van der Waals surface area contributed by atoms with Crippen LogP contribution in [0.1, 0.15) is 31.1 Å². The number of fused-ring (bicyclic) bond motifs is 1. The first-order valence-corrected chi connectivity index (χ1v) is 7.70. The van der Waals surface area contributed by atoms with Crippen LogP contribution >= 0.6 is 0 Å². The highest BCUT2D eigenvalue weighted by Crippen LogP contribution is 2.17. The van der Waals surface area contributed by atoms with E-state index in [1.807, 2.05) is 20.8 Å². The molecule has 0 unspecified atom stereocenters. The molecule has 3 rings (SSSR count). The van der Waals surface area contributed by atoms with Gasteiger partial charge in [0.15, 0.2) is 5.65 Å². The van der Waals surface area contributed by atoms with Gasteiger partial charge in [-0.05, 0) is 26.8 Å². The first kappa shape index (κ1) is 17.3. The maximum Gasteiger partial charge on any atom is 0.283 e. The molecule has 26 heavy (non-hydrogen) atoms. The maximum atomic E-state index is 12.6. The lowest BCUT2D eigenvalue weighted by molar-refractivity contribution is -0.384. The van der Waals surface area contributed by atoms with E-state index >= 15 is 0 Å². The lowest BCUT2D eigenvalue weighted by Crippen LogP contribution is -2.33. The molecule has 1 N–H and O–H groups in total. The van der Waals surface area contributed by atoms with Crippen molar-refractivity contribution in [2.24, 2.45) is 0 Å². The number of carbonyl (C=O) groups excluding carboxylic acids is 1. The zero-order valence-corrected chi connectivity index (χ0v) is 14.3. The summed E-state index contributed by atoms with van der Waals surface area (Å²) in [4.78, 5) is 39.3. The summed E-state index contributed by atoms with van der Waals surface area (Å²) < 4.78 is 2.55. The molecule has 10 nitrogen and oxygen atoms in total. The van der Waals surface area contributed by atoms with Crippen molar-refractivity contribution in [1.29, 1.82) is 0 Å².